The Labute approximate surface area is 131 Å². The maximum Gasteiger partial charge on any atom is 0.328 e. The summed E-state index contributed by atoms with van der Waals surface area (Å²) < 4.78 is 4.67. The van der Waals surface area contributed by atoms with Crippen LogP contribution < -0.4 is 10.6 Å². The molecule has 3 atom stereocenters. The number of carbonyl (C=O) groups excluding carboxylic acids is 3. The highest BCUT2D eigenvalue weighted by Gasteiger charge is 2.30. The summed E-state index contributed by atoms with van der Waals surface area (Å²) in [5, 5.41) is 13.9. The molecule has 0 aliphatic rings. The van der Waals surface area contributed by atoms with Gasteiger partial charge in [-0.1, -0.05) is 20.8 Å². The molecule has 0 radical (unpaired) electrons. The van der Waals surface area contributed by atoms with Crippen molar-refractivity contribution in [1.82, 2.24) is 10.6 Å². The Morgan fingerprint density at radius 1 is 1.18 bits per heavy atom. The lowest BCUT2D eigenvalue weighted by molar-refractivity contribution is -0.146. The minimum atomic E-state index is -0.916. The lowest BCUT2D eigenvalue weighted by Crippen LogP contribution is -2.53. The Morgan fingerprint density at radius 3 is 2.18 bits per heavy atom. The molecule has 0 heterocycles. The molecule has 0 aromatic heterocycles. The Balaban J connectivity index is 5.05. The van der Waals surface area contributed by atoms with E-state index in [1.807, 2.05) is 19.9 Å². The molecule has 22 heavy (non-hydrogen) atoms. The summed E-state index contributed by atoms with van der Waals surface area (Å²) >= 11 is 0. The third-order valence-corrected chi connectivity index (χ3v) is 3.14. The maximum atomic E-state index is 12.3. The van der Waals surface area contributed by atoms with Crippen LogP contribution in [0.15, 0.2) is 0 Å². The molecule has 0 aliphatic heterocycles. The van der Waals surface area contributed by atoms with Gasteiger partial charge in [-0.3, -0.25) is 9.59 Å². The van der Waals surface area contributed by atoms with Crippen molar-refractivity contribution in [1.29, 1.82) is 5.26 Å². The molecule has 0 rings (SSSR count). The average molecular weight is 311 g/mol. The number of nitriles is 1. The zero-order valence-electron chi connectivity index (χ0n) is 13.8. The predicted octanol–water partition coefficient (Wildman–Crippen LogP) is 0.745. The molecule has 0 fully saturated rings. The molecule has 0 saturated heterocycles. The second-order valence-electron chi connectivity index (χ2n) is 5.73. The normalized spacial score (nSPS) is 14.4. The van der Waals surface area contributed by atoms with Crippen molar-refractivity contribution < 1.29 is 19.1 Å². The number of hydrogen-bond donors (Lipinski definition) is 2. The van der Waals surface area contributed by atoms with Crippen LogP contribution in [0.4, 0.5) is 0 Å². The molecule has 2 N–H and O–H groups in total. The van der Waals surface area contributed by atoms with Crippen molar-refractivity contribution in [3.05, 3.63) is 0 Å². The molecule has 0 aromatic carbocycles. The first-order valence-electron chi connectivity index (χ1n) is 7.25. The van der Waals surface area contributed by atoms with E-state index < -0.39 is 29.9 Å². The summed E-state index contributed by atoms with van der Waals surface area (Å²) in [4.78, 5) is 35.4. The van der Waals surface area contributed by atoms with E-state index in [0.29, 0.717) is 6.42 Å². The Morgan fingerprint density at radius 2 is 1.77 bits per heavy atom. The van der Waals surface area contributed by atoms with Crippen LogP contribution in [0.25, 0.3) is 0 Å². The molecule has 0 saturated carbocycles. The number of ether oxygens (including phenoxy) is 1. The second-order valence-corrected chi connectivity index (χ2v) is 5.73. The van der Waals surface area contributed by atoms with Gasteiger partial charge in [-0.2, -0.15) is 5.26 Å². The van der Waals surface area contributed by atoms with Crippen molar-refractivity contribution in [2.45, 2.75) is 52.6 Å². The first-order valence-corrected chi connectivity index (χ1v) is 7.25. The number of carbonyl (C=O) groups is 3. The lowest BCUT2D eigenvalue weighted by atomic mass is 9.97. The molecule has 124 valence electrons. The van der Waals surface area contributed by atoms with Crippen molar-refractivity contribution in [3.8, 4) is 6.07 Å². The minimum Gasteiger partial charge on any atom is -0.467 e. The molecule has 0 bridgehead atoms. The topological polar surface area (TPSA) is 108 Å². The third-order valence-electron chi connectivity index (χ3n) is 3.14. The zero-order valence-corrected chi connectivity index (χ0v) is 13.8. The number of rotatable bonds is 8. The van der Waals surface area contributed by atoms with Gasteiger partial charge in [-0.25, -0.2) is 4.79 Å². The standard InChI is InChI=1S/C15H25N3O4/c1-9(2)8-12(17-11(4)19)14(20)18-13(15(21)22-5)10(3)6-7-16/h9-10,12-13H,6,8H2,1-5H3,(H,17,19)(H,18,20)/t10-,12+,13+/m1/s1. The van der Waals surface area contributed by atoms with Crippen LogP contribution in [-0.2, 0) is 19.1 Å². The molecule has 0 unspecified atom stereocenters. The summed E-state index contributed by atoms with van der Waals surface area (Å²) in [6, 6.07) is 0.326. The summed E-state index contributed by atoms with van der Waals surface area (Å²) in [5.41, 5.74) is 0. The van der Waals surface area contributed by atoms with Gasteiger partial charge < -0.3 is 15.4 Å². The van der Waals surface area contributed by atoms with Gasteiger partial charge in [0.2, 0.25) is 11.8 Å². The predicted molar refractivity (Wildman–Crippen MR) is 80.4 cm³/mol. The van der Waals surface area contributed by atoms with E-state index >= 15 is 0 Å². The van der Waals surface area contributed by atoms with Crippen LogP contribution in [0, 0.1) is 23.2 Å². The highest BCUT2D eigenvalue weighted by Crippen LogP contribution is 2.11. The van der Waals surface area contributed by atoms with E-state index in [0.717, 1.165) is 0 Å². The van der Waals surface area contributed by atoms with Crippen molar-refractivity contribution in [2.75, 3.05) is 7.11 Å². The van der Waals surface area contributed by atoms with Gasteiger partial charge in [0, 0.05) is 19.3 Å². The Hall–Kier alpha value is -2.10. The average Bonchev–Trinajstić information content (AvgIpc) is 2.42. The molecule has 0 aliphatic carbocycles. The fourth-order valence-corrected chi connectivity index (χ4v) is 2.02. The summed E-state index contributed by atoms with van der Waals surface area (Å²) in [6.07, 6.45) is 0.557. The Bertz CT molecular complexity index is 443. The van der Waals surface area contributed by atoms with Crippen LogP contribution in [0.3, 0.4) is 0 Å². The van der Waals surface area contributed by atoms with Gasteiger partial charge in [-0.05, 0) is 12.3 Å². The fraction of sp³-hybridized carbons (Fsp3) is 0.733. The number of esters is 1. The Kier molecular flexibility index (Phi) is 8.83. The quantitative estimate of drug-likeness (QED) is 0.643. The van der Waals surface area contributed by atoms with E-state index in [4.69, 9.17) is 5.26 Å². The number of methoxy groups -OCH3 is 1. The van der Waals surface area contributed by atoms with Crippen LogP contribution >= 0.6 is 0 Å². The fourth-order valence-electron chi connectivity index (χ4n) is 2.02. The SMILES string of the molecule is COC(=O)[C@@H](NC(=O)[C@H](CC(C)C)NC(C)=O)[C@H](C)CC#N. The van der Waals surface area contributed by atoms with Crippen molar-refractivity contribution in [3.63, 3.8) is 0 Å². The zero-order chi connectivity index (χ0) is 17.3. The monoisotopic (exact) mass is 311 g/mol. The highest BCUT2D eigenvalue weighted by molar-refractivity contribution is 5.90. The molecule has 0 spiro atoms. The number of hydrogen-bond acceptors (Lipinski definition) is 5. The largest absolute Gasteiger partial charge is 0.467 e. The molecule has 0 aromatic rings. The highest BCUT2D eigenvalue weighted by atomic mass is 16.5. The number of nitrogens with one attached hydrogen (secondary N) is 2. The second kappa shape index (κ2) is 9.77. The molecular weight excluding hydrogens is 286 g/mol. The van der Waals surface area contributed by atoms with Gasteiger partial charge in [0.25, 0.3) is 0 Å². The van der Waals surface area contributed by atoms with Crippen LogP contribution in [0.2, 0.25) is 0 Å². The molecule has 7 nitrogen and oxygen atoms in total. The van der Waals surface area contributed by atoms with Crippen molar-refractivity contribution in [2.24, 2.45) is 11.8 Å². The van der Waals surface area contributed by atoms with E-state index in [1.165, 1.54) is 14.0 Å². The first kappa shape index (κ1) is 19.9. The van der Waals surface area contributed by atoms with E-state index in [1.54, 1.807) is 6.92 Å². The molecular formula is C15H25N3O4. The van der Waals surface area contributed by atoms with Gasteiger partial charge in [0.05, 0.1) is 13.2 Å². The number of nitrogens with zero attached hydrogens (tertiary/aromatic N) is 1. The third kappa shape index (κ3) is 7.07. The van der Waals surface area contributed by atoms with Crippen LogP contribution in [0.5, 0.6) is 0 Å². The first-order chi connectivity index (χ1) is 10.2. The lowest BCUT2D eigenvalue weighted by Gasteiger charge is -2.25. The van der Waals surface area contributed by atoms with Gasteiger partial charge in [0.15, 0.2) is 0 Å². The van der Waals surface area contributed by atoms with Gasteiger partial charge >= 0.3 is 5.97 Å². The van der Waals surface area contributed by atoms with Gasteiger partial charge in [-0.15, -0.1) is 0 Å². The molecule has 7 heteroatoms. The van der Waals surface area contributed by atoms with Crippen LogP contribution in [-0.4, -0.2) is 37.0 Å². The summed E-state index contributed by atoms with van der Waals surface area (Å²) in [5.74, 6) is -1.58. The van der Waals surface area contributed by atoms with E-state index in [2.05, 4.69) is 15.4 Å². The van der Waals surface area contributed by atoms with Crippen molar-refractivity contribution >= 4 is 17.8 Å². The number of amides is 2. The summed E-state index contributed by atoms with van der Waals surface area (Å²) in [6.45, 7) is 6.87. The summed E-state index contributed by atoms with van der Waals surface area (Å²) in [7, 11) is 1.22. The molecule has 2 amide bonds. The van der Waals surface area contributed by atoms with E-state index in [-0.39, 0.29) is 18.2 Å². The van der Waals surface area contributed by atoms with Crippen LogP contribution in [0.1, 0.15) is 40.5 Å². The van der Waals surface area contributed by atoms with E-state index in [9.17, 15) is 14.4 Å². The minimum absolute atomic E-state index is 0.106. The smallest absolute Gasteiger partial charge is 0.328 e. The van der Waals surface area contributed by atoms with Gasteiger partial charge in [0.1, 0.15) is 12.1 Å². The maximum absolute atomic E-state index is 12.3.